The first-order valence-electron chi connectivity index (χ1n) is 9.30. The minimum atomic E-state index is 0.0115. The number of hydrogen-bond acceptors (Lipinski definition) is 2. The minimum absolute atomic E-state index is 0.0115. The van der Waals surface area contributed by atoms with E-state index in [4.69, 9.17) is 0 Å². The number of aryl methyl sites for hydroxylation is 1. The molecule has 2 N–H and O–H groups in total. The largest absolute Gasteiger partial charge is 0.361 e. The molecule has 2 aromatic heterocycles. The molecule has 5 nitrogen and oxygen atoms in total. The lowest BCUT2D eigenvalue weighted by Crippen LogP contribution is -2.16. The second kappa shape index (κ2) is 8.44. The van der Waals surface area contributed by atoms with Crippen molar-refractivity contribution in [1.29, 1.82) is 0 Å². The molecule has 0 aliphatic rings. The van der Waals surface area contributed by atoms with Gasteiger partial charge in [-0.3, -0.25) is 4.79 Å². The molecule has 0 bridgehead atoms. The van der Waals surface area contributed by atoms with Crippen molar-refractivity contribution < 1.29 is 4.79 Å². The van der Waals surface area contributed by atoms with Crippen LogP contribution in [0.15, 0.2) is 71.5 Å². The van der Waals surface area contributed by atoms with Crippen LogP contribution in [0.1, 0.15) is 24.0 Å². The van der Waals surface area contributed by atoms with E-state index in [0.29, 0.717) is 13.0 Å². The maximum atomic E-state index is 12.4. The number of benzene rings is 2. The number of aromatic amines is 1. The fraction of sp³-hybridized carbons (Fsp3) is 0.182. The second-order valence-corrected chi connectivity index (χ2v) is 7.68. The summed E-state index contributed by atoms with van der Waals surface area (Å²) in [4.78, 5) is 15.7. The van der Waals surface area contributed by atoms with Crippen LogP contribution in [0.5, 0.6) is 0 Å². The Morgan fingerprint density at radius 3 is 2.79 bits per heavy atom. The van der Waals surface area contributed by atoms with Gasteiger partial charge in [0.15, 0.2) is 0 Å². The summed E-state index contributed by atoms with van der Waals surface area (Å²) in [6.07, 6.45) is 5.89. The Morgan fingerprint density at radius 2 is 1.93 bits per heavy atom. The molecule has 28 heavy (non-hydrogen) atoms. The summed E-state index contributed by atoms with van der Waals surface area (Å²) >= 11 is 3.44. The number of anilines is 1. The van der Waals surface area contributed by atoms with Gasteiger partial charge in [-0.1, -0.05) is 46.3 Å². The molecule has 0 saturated carbocycles. The first-order valence-corrected chi connectivity index (χ1v) is 10.1. The van der Waals surface area contributed by atoms with Crippen LogP contribution in [0.2, 0.25) is 0 Å². The third-order valence-electron chi connectivity index (χ3n) is 4.75. The average molecular weight is 437 g/mol. The Balaban J connectivity index is 1.32. The van der Waals surface area contributed by atoms with Crippen LogP contribution in [0.4, 0.5) is 5.82 Å². The molecular weight excluding hydrogens is 416 g/mol. The Morgan fingerprint density at radius 1 is 1.11 bits per heavy atom. The normalized spacial score (nSPS) is 11.0. The molecule has 6 heteroatoms. The van der Waals surface area contributed by atoms with Crippen LogP contribution >= 0.6 is 15.9 Å². The van der Waals surface area contributed by atoms with Crippen molar-refractivity contribution >= 4 is 38.6 Å². The second-order valence-electron chi connectivity index (χ2n) is 6.76. The number of fused-ring (bicyclic) bond motifs is 1. The lowest BCUT2D eigenvalue weighted by molar-refractivity contribution is -0.116. The maximum absolute atomic E-state index is 12.4. The lowest BCUT2D eigenvalue weighted by Gasteiger charge is -2.09. The van der Waals surface area contributed by atoms with E-state index in [1.165, 1.54) is 10.9 Å². The summed E-state index contributed by atoms with van der Waals surface area (Å²) in [5, 5.41) is 8.54. The summed E-state index contributed by atoms with van der Waals surface area (Å²) < 4.78 is 2.85. The van der Waals surface area contributed by atoms with Gasteiger partial charge in [0.25, 0.3) is 0 Å². The SMILES string of the molecule is O=C(CCCc1c[nH]c2ccccc12)Nc1ccnn1Cc1ccc(Br)cc1. The number of carbonyl (C=O) groups excluding carboxylic acids is 1. The molecular formula is C22H21BrN4O. The van der Waals surface area contributed by atoms with E-state index in [0.717, 1.165) is 34.2 Å². The van der Waals surface area contributed by atoms with Crippen molar-refractivity contribution in [3.63, 3.8) is 0 Å². The van der Waals surface area contributed by atoms with Crippen LogP contribution in [-0.2, 0) is 17.8 Å². The third kappa shape index (κ3) is 4.34. The van der Waals surface area contributed by atoms with Gasteiger partial charge in [0.1, 0.15) is 5.82 Å². The summed E-state index contributed by atoms with van der Waals surface area (Å²) in [5.41, 5.74) is 3.52. The zero-order valence-electron chi connectivity index (χ0n) is 15.4. The number of hydrogen-bond donors (Lipinski definition) is 2. The van der Waals surface area contributed by atoms with E-state index >= 15 is 0 Å². The van der Waals surface area contributed by atoms with Gasteiger partial charge < -0.3 is 10.3 Å². The molecule has 4 rings (SSSR count). The summed E-state index contributed by atoms with van der Waals surface area (Å²) in [5.74, 6) is 0.734. The standard InChI is InChI=1S/C22H21BrN4O/c23-18-10-8-16(9-11-18)15-27-21(12-13-25-27)26-22(28)7-3-4-17-14-24-20-6-2-1-5-19(17)20/h1-2,5-6,8-14,24H,3-4,7,15H2,(H,26,28). The predicted molar refractivity (Wildman–Crippen MR) is 115 cm³/mol. The fourth-order valence-corrected chi connectivity index (χ4v) is 3.58. The number of aromatic nitrogens is 3. The summed E-state index contributed by atoms with van der Waals surface area (Å²) in [6, 6.07) is 18.2. The van der Waals surface area contributed by atoms with E-state index in [2.05, 4.69) is 43.5 Å². The molecule has 0 spiro atoms. The molecule has 0 aliphatic carbocycles. The highest BCUT2D eigenvalue weighted by Crippen LogP contribution is 2.20. The number of halogens is 1. The third-order valence-corrected chi connectivity index (χ3v) is 5.28. The molecule has 2 aromatic carbocycles. The molecule has 0 radical (unpaired) electrons. The number of carbonyl (C=O) groups is 1. The minimum Gasteiger partial charge on any atom is -0.361 e. The molecule has 0 aliphatic heterocycles. The van der Waals surface area contributed by atoms with Crippen LogP contribution in [0.3, 0.4) is 0 Å². The Labute approximate surface area is 171 Å². The number of para-hydroxylation sites is 1. The summed E-state index contributed by atoms with van der Waals surface area (Å²) in [6.45, 7) is 0.616. The quantitative estimate of drug-likeness (QED) is 0.421. The Kier molecular flexibility index (Phi) is 5.58. The van der Waals surface area contributed by atoms with Crippen molar-refractivity contribution in [1.82, 2.24) is 14.8 Å². The highest BCUT2D eigenvalue weighted by molar-refractivity contribution is 9.10. The van der Waals surface area contributed by atoms with Gasteiger partial charge in [0, 0.05) is 34.1 Å². The van der Waals surface area contributed by atoms with Gasteiger partial charge in [-0.05, 0) is 42.2 Å². The number of nitrogens with one attached hydrogen (secondary N) is 2. The van der Waals surface area contributed by atoms with Gasteiger partial charge in [-0.25, -0.2) is 4.68 Å². The average Bonchev–Trinajstić information content (AvgIpc) is 3.31. The van der Waals surface area contributed by atoms with E-state index < -0.39 is 0 Å². The number of nitrogens with zero attached hydrogens (tertiary/aromatic N) is 2. The molecule has 0 unspecified atom stereocenters. The Bertz CT molecular complexity index is 1080. The van der Waals surface area contributed by atoms with Crippen molar-refractivity contribution in [2.45, 2.75) is 25.8 Å². The van der Waals surface area contributed by atoms with Crippen LogP contribution in [0, 0.1) is 0 Å². The van der Waals surface area contributed by atoms with Crippen molar-refractivity contribution in [3.8, 4) is 0 Å². The molecule has 0 fully saturated rings. The molecule has 2 heterocycles. The van der Waals surface area contributed by atoms with Crippen molar-refractivity contribution in [2.24, 2.45) is 0 Å². The predicted octanol–water partition coefficient (Wildman–Crippen LogP) is 5.14. The van der Waals surface area contributed by atoms with Gasteiger partial charge >= 0.3 is 0 Å². The number of rotatable bonds is 7. The van der Waals surface area contributed by atoms with Gasteiger partial charge in [-0.2, -0.15) is 5.10 Å². The van der Waals surface area contributed by atoms with Gasteiger partial charge in [-0.15, -0.1) is 0 Å². The molecule has 1 amide bonds. The molecule has 142 valence electrons. The zero-order valence-corrected chi connectivity index (χ0v) is 16.9. The van der Waals surface area contributed by atoms with Crippen LogP contribution in [-0.4, -0.2) is 20.7 Å². The lowest BCUT2D eigenvalue weighted by atomic mass is 10.1. The number of amides is 1. The monoisotopic (exact) mass is 436 g/mol. The fourth-order valence-electron chi connectivity index (χ4n) is 3.31. The molecule has 4 aromatic rings. The zero-order chi connectivity index (χ0) is 19.3. The van der Waals surface area contributed by atoms with Crippen LogP contribution < -0.4 is 5.32 Å². The summed E-state index contributed by atoms with van der Waals surface area (Å²) in [7, 11) is 0. The van der Waals surface area contributed by atoms with Crippen LogP contribution in [0.25, 0.3) is 10.9 Å². The molecule has 0 atom stereocenters. The van der Waals surface area contributed by atoms with E-state index in [9.17, 15) is 4.79 Å². The first-order chi connectivity index (χ1) is 13.7. The Hall–Kier alpha value is -2.86. The van der Waals surface area contributed by atoms with E-state index in [1.807, 2.05) is 48.7 Å². The van der Waals surface area contributed by atoms with Crippen molar-refractivity contribution in [2.75, 3.05) is 5.32 Å². The van der Waals surface area contributed by atoms with Crippen molar-refractivity contribution in [3.05, 3.63) is 82.6 Å². The highest BCUT2D eigenvalue weighted by Gasteiger charge is 2.09. The topological polar surface area (TPSA) is 62.7 Å². The van der Waals surface area contributed by atoms with Gasteiger partial charge in [0.05, 0.1) is 12.7 Å². The van der Waals surface area contributed by atoms with E-state index in [1.54, 1.807) is 10.9 Å². The van der Waals surface area contributed by atoms with Gasteiger partial charge in [0.2, 0.25) is 5.91 Å². The number of H-pyrrole nitrogens is 1. The first kappa shape index (κ1) is 18.5. The smallest absolute Gasteiger partial charge is 0.225 e. The highest BCUT2D eigenvalue weighted by atomic mass is 79.9. The molecule has 0 saturated heterocycles. The van der Waals surface area contributed by atoms with E-state index in [-0.39, 0.29) is 5.91 Å². The maximum Gasteiger partial charge on any atom is 0.225 e.